The van der Waals surface area contributed by atoms with Gasteiger partial charge in [0.2, 0.25) is 5.91 Å². The van der Waals surface area contributed by atoms with Crippen LogP contribution in [0.3, 0.4) is 0 Å². The monoisotopic (exact) mass is 379 g/mol. The summed E-state index contributed by atoms with van der Waals surface area (Å²) in [6, 6.07) is 5.23. The molecule has 0 radical (unpaired) electrons. The van der Waals surface area contributed by atoms with E-state index in [0.717, 1.165) is 11.4 Å². The molecule has 0 aromatic carbocycles. The molecule has 0 aliphatic carbocycles. The molecule has 1 atom stereocenters. The van der Waals surface area contributed by atoms with Crippen LogP contribution in [-0.2, 0) is 24.3 Å². The van der Waals surface area contributed by atoms with E-state index in [2.05, 4.69) is 25.5 Å². The summed E-state index contributed by atoms with van der Waals surface area (Å²) in [4.78, 5) is 35.3. The molecule has 28 heavy (non-hydrogen) atoms. The van der Waals surface area contributed by atoms with Gasteiger partial charge in [-0.05, 0) is 24.6 Å². The van der Waals surface area contributed by atoms with E-state index in [1.807, 2.05) is 29.8 Å². The zero-order valence-electron chi connectivity index (χ0n) is 15.5. The van der Waals surface area contributed by atoms with E-state index in [1.54, 1.807) is 29.6 Å². The van der Waals surface area contributed by atoms with E-state index >= 15 is 0 Å². The van der Waals surface area contributed by atoms with Crippen LogP contribution in [0.1, 0.15) is 40.5 Å². The fourth-order valence-corrected chi connectivity index (χ4v) is 3.37. The third-order valence-corrected chi connectivity index (χ3v) is 4.83. The number of aromatic nitrogens is 5. The molecule has 0 bridgehead atoms. The Labute approximate surface area is 161 Å². The summed E-state index contributed by atoms with van der Waals surface area (Å²) in [6.45, 7) is 3.60. The largest absolute Gasteiger partial charge is 0.352 e. The number of rotatable bonds is 5. The Bertz CT molecular complexity index is 966. The molecule has 2 amide bonds. The van der Waals surface area contributed by atoms with Crippen molar-refractivity contribution in [1.82, 2.24) is 34.9 Å². The minimum Gasteiger partial charge on any atom is -0.352 e. The van der Waals surface area contributed by atoms with E-state index in [4.69, 9.17) is 0 Å². The number of imidazole rings is 1. The highest BCUT2D eigenvalue weighted by atomic mass is 16.2. The number of carbonyl (C=O) groups excluding carboxylic acids is 2. The van der Waals surface area contributed by atoms with Gasteiger partial charge in [-0.25, -0.2) is 4.98 Å². The van der Waals surface area contributed by atoms with E-state index in [-0.39, 0.29) is 24.3 Å². The average Bonchev–Trinajstić information content (AvgIpc) is 3.37. The summed E-state index contributed by atoms with van der Waals surface area (Å²) >= 11 is 0. The molecule has 0 spiro atoms. The quantitative estimate of drug-likeness (QED) is 0.689. The molecule has 1 aliphatic heterocycles. The lowest BCUT2D eigenvalue weighted by atomic mass is 10.2. The van der Waals surface area contributed by atoms with Gasteiger partial charge >= 0.3 is 0 Å². The van der Waals surface area contributed by atoms with Crippen molar-refractivity contribution in [2.24, 2.45) is 0 Å². The van der Waals surface area contributed by atoms with Gasteiger partial charge in [-0.1, -0.05) is 6.07 Å². The highest BCUT2D eigenvalue weighted by Gasteiger charge is 2.31. The highest BCUT2D eigenvalue weighted by Crippen LogP contribution is 2.26. The predicted octanol–water partition coefficient (Wildman–Crippen LogP) is 1.08. The van der Waals surface area contributed by atoms with Crippen LogP contribution in [0.5, 0.6) is 0 Å². The number of hydrogen-bond donors (Lipinski definition) is 2. The Morgan fingerprint density at radius 2 is 2.18 bits per heavy atom. The molecular formula is C19H21N7O2. The molecule has 144 valence electrons. The second kappa shape index (κ2) is 7.63. The normalized spacial score (nSPS) is 15.9. The predicted molar refractivity (Wildman–Crippen MR) is 100 cm³/mol. The lowest BCUT2D eigenvalue weighted by Gasteiger charge is -2.33. The molecule has 0 saturated heterocycles. The fraction of sp³-hybridized carbons (Fsp3) is 0.316. The lowest BCUT2D eigenvalue weighted by molar-refractivity contribution is -0.120. The first-order valence-corrected chi connectivity index (χ1v) is 9.13. The van der Waals surface area contributed by atoms with Crippen molar-refractivity contribution in [2.75, 3.05) is 6.54 Å². The first kappa shape index (κ1) is 17.9. The topological polar surface area (TPSA) is 109 Å². The SMILES string of the molecule is CC1c2nc(CC(=O)NCc3cccnc3)cn2CCN1C(=O)c1ccn[nH]1. The van der Waals surface area contributed by atoms with Crippen LogP contribution in [0.4, 0.5) is 0 Å². The van der Waals surface area contributed by atoms with Crippen LogP contribution < -0.4 is 5.32 Å². The number of nitrogens with one attached hydrogen (secondary N) is 2. The lowest BCUT2D eigenvalue weighted by Crippen LogP contribution is -2.41. The molecule has 9 heteroatoms. The van der Waals surface area contributed by atoms with Gasteiger partial charge in [0, 0.05) is 44.4 Å². The minimum absolute atomic E-state index is 0.0997. The fourth-order valence-electron chi connectivity index (χ4n) is 3.37. The summed E-state index contributed by atoms with van der Waals surface area (Å²) in [5.74, 6) is 0.585. The molecule has 9 nitrogen and oxygen atoms in total. The molecule has 0 fully saturated rings. The maximum Gasteiger partial charge on any atom is 0.272 e. The Morgan fingerprint density at radius 3 is 2.93 bits per heavy atom. The van der Waals surface area contributed by atoms with Crippen molar-refractivity contribution in [3.05, 3.63) is 65.8 Å². The van der Waals surface area contributed by atoms with Gasteiger partial charge in [-0.2, -0.15) is 5.10 Å². The first-order chi connectivity index (χ1) is 13.6. The van der Waals surface area contributed by atoms with Crippen molar-refractivity contribution >= 4 is 11.8 Å². The smallest absolute Gasteiger partial charge is 0.272 e. The summed E-state index contributed by atoms with van der Waals surface area (Å²) < 4.78 is 2.02. The zero-order chi connectivity index (χ0) is 19.5. The maximum atomic E-state index is 12.6. The summed E-state index contributed by atoms with van der Waals surface area (Å²) in [7, 11) is 0. The van der Waals surface area contributed by atoms with Gasteiger partial charge < -0.3 is 14.8 Å². The highest BCUT2D eigenvalue weighted by molar-refractivity contribution is 5.92. The number of carbonyl (C=O) groups is 2. The average molecular weight is 379 g/mol. The molecular weight excluding hydrogens is 358 g/mol. The van der Waals surface area contributed by atoms with Gasteiger partial charge in [-0.15, -0.1) is 0 Å². The van der Waals surface area contributed by atoms with Gasteiger partial charge in [0.1, 0.15) is 11.5 Å². The van der Waals surface area contributed by atoms with E-state index in [0.29, 0.717) is 31.0 Å². The number of H-pyrrole nitrogens is 1. The summed E-state index contributed by atoms with van der Waals surface area (Å²) in [6.07, 6.45) is 7.07. The molecule has 2 N–H and O–H groups in total. The number of aromatic amines is 1. The minimum atomic E-state index is -0.184. The van der Waals surface area contributed by atoms with E-state index < -0.39 is 0 Å². The number of hydrogen-bond acceptors (Lipinski definition) is 5. The van der Waals surface area contributed by atoms with Crippen LogP contribution in [0, 0.1) is 0 Å². The Hall–Kier alpha value is -3.49. The standard InChI is InChI=1S/C19H21N7O2/c1-13-18-23-15(9-17(27)21-11-14-3-2-5-20-10-14)12-25(18)7-8-26(13)19(28)16-4-6-22-24-16/h2-6,10,12-13H,7-9,11H2,1H3,(H,21,27)(H,22,24). The maximum absolute atomic E-state index is 12.6. The van der Waals surface area contributed by atoms with E-state index in [1.165, 1.54) is 0 Å². The van der Waals surface area contributed by atoms with Gasteiger partial charge in [0.05, 0.1) is 18.2 Å². The molecule has 3 aromatic rings. The van der Waals surface area contributed by atoms with Crippen molar-refractivity contribution in [1.29, 1.82) is 0 Å². The van der Waals surface area contributed by atoms with Crippen molar-refractivity contribution in [3.63, 3.8) is 0 Å². The van der Waals surface area contributed by atoms with Gasteiger partial charge in [0.15, 0.2) is 0 Å². The van der Waals surface area contributed by atoms with Gasteiger partial charge in [-0.3, -0.25) is 19.7 Å². The van der Waals surface area contributed by atoms with Crippen LogP contribution in [0.2, 0.25) is 0 Å². The van der Waals surface area contributed by atoms with Crippen molar-refractivity contribution < 1.29 is 9.59 Å². The van der Waals surface area contributed by atoms with Crippen LogP contribution >= 0.6 is 0 Å². The Morgan fingerprint density at radius 1 is 1.29 bits per heavy atom. The number of nitrogens with zero attached hydrogens (tertiary/aromatic N) is 5. The molecule has 0 saturated carbocycles. The zero-order valence-corrected chi connectivity index (χ0v) is 15.5. The van der Waals surface area contributed by atoms with Crippen molar-refractivity contribution in [3.8, 4) is 0 Å². The molecule has 4 heterocycles. The number of pyridine rings is 1. The van der Waals surface area contributed by atoms with E-state index in [9.17, 15) is 9.59 Å². The van der Waals surface area contributed by atoms with Gasteiger partial charge in [0.25, 0.3) is 5.91 Å². The molecule has 4 rings (SSSR count). The molecule has 1 unspecified atom stereocenters. The van der Waals surface area contributed by atoms with Crippen LogP contribution in [0.25, 0.3) is 0 Å². The summed E-state index contributed by atoms with van der Waals surface area (Å²) in [5, 5.41) is 9.43. The Kier molecular flexibility index (Phi) is 4.88. The van der Waals surface area contributed by atoms with Crippen LogP contribution in [-0.4, -0.2) is 48.0 Å². The molecule has 3 aromatic heterocycles. The number of fused-ring (bicyclic) bond motifs is 1. The second-order valence-electron chi connectivity index (χ2n) is 6.74. The van der Waals surface area contributed by atoms with Crippen LogP contribution in [0.15, 0.2) is 43.0 Å². The third kappa shape index (κ3) is 3.64. The first-order valence-electron chi connectivity index (χ1n) is 9.13. The third-order valence-electron chi connectivity index (χ3n) is 4.83. The van der Waals surface area contributed by atoms with Crippen molar-refractivity contribution in [2.45, 2.75) is 32.5 Å². The molecule has 1 aliphatic rings. The second-order valence-corrected chi connectivity index (χ2v) is 6.74. The number of amides is 2. The Balaban J connectivity index is 1.40. The summed E-state index contributed by atoms with van der Waals surface area (Å²) in [5.41, 5.74) is 2.10.